The van der Waals surface area contributed by atoms with Crippen LogP contribution < -0.4 is 4.72 Å². The summed E-state index contributed by atoms with van der Waals surface area (Å²) in [6, 6.07) is 10.9. The van der Waals surface area contributed by atoms with Crippen LogP contribution in [0.25, 0.3) is 11.3 Å². The van der Waals surface area contributed by atoms with E-state index in [-0.39, 0.29) is 17.0 Å². The van der Waals surface area contributed by atoms with Crippen molar-refractivity contribution in [3.8, 4) is 11.3 Å². The first-order chi connectivity index (χ1) is 12.5. The molecular formula is C18H16N2O5S. The van der Waals surface area contributed by atoms with Gasteiger partial charge in [-0.15, -0.1) is 0 Å². The Morgan fingerprint density at radius 2 is 1.96 bits per heavy atom. The second kappa shape index (κ2) is 7.51. The lowest BCUT2D eigenvalue weighted by atomic mass is 10.2. The summed E-state index contributed by atoms with van der Waals surface area (Å²) in [5.41, 5.74) is 1.73. The highest BCUT2D eigenvalue weighted by molar-refractivity contribution is 7.89. The number of hydrogen-bond acceptors (Lipinski definition) is 6. The summed E-state index contributed by atoms with van der Waals surface area (Å²) in [6.45, 7) is 0.0721. The van der Waals surface area contributed by atoms with E-state index < -0.39 is 16.0 Å². The van der Waals surface area contributed by atoms with Crippen molar-refractivity contribution in [1.82, 2.24) is 9.71 Å². The first kappa shape index (κ1) is 17.8. The quantitative estimate of drug-likeness (QED) is 0.668. The van der Waals surface area contributed by atoms with Crippen LogP contribution in [-0.4, -0.2) is 26.5 Å². The maximum atomic E-state index is 12.4. The number of benzene rings is 1. The van der Waals surface area contributed by atoms with Crippen molar-refractivity contribution in [2.75, 3.05) is 7.11 Å². The number of esters is 1. The van der Waals surface area contributed by atoms with Gasteiger partial charge in [0.1, 0.15) is 5.76 Å². The van der Waals surface area contributed by atoms with Crippen molar-refractivity contribution in [1.29, 1.82) is 0 Å². The molecule has 0 unspecified atom stereocenters. The van der Waals surface area contributed by atoms with Crippen LogP contribution in [-0.2, 0) is 21.3 Å². The van der Waals surface area contributed by atoms with Gasteiger partial charge in [-0.3, -0.25) is 4.98 Å². The molecule has 7 nitrogen and oxygen atoms in total. The average Bonchev–Trinajstić information content (AvgIpc) is 3.21. The fourth-order valence-electron chi connectivity index (χ4n) is 2.31. The zero-order valence-corrected chi connectivity index (χ0v) is 14.7. The molecule has 8 heteroatoms. The van der Waals surface area contributed by atoms with Crippen molar-refractivity contribution in [2.45, 2.75) is 11.4 Å². The zero-order valence-electron chi connectivity index (χ0n) is 13.9. The molecular weight excluding hydrogens is 356 g/mol. The van der Waals surface area contributed by atoms with Crippen LogP contribution >= 0.6 is 0 Å². The van der Waals surface area contributed by atoms with E-state index in [1.807, 2.05) is 0 Å². The zero-order chi connectivity index (χ0) is 18.6. The third-order valence-corrected chi connectivity index (χ3v) is 5.07. The summed E-state index contributed by atoms with van der Waals surface area (Å²) in [5, 5.41) is 0. The number of furan rings is 1. The second-order valence-electron chi connectivity index (χ2n) is 5.40. The summed E-state index contributed by atoms with van der Waals surface area (Å²) in [6.07, 6.45) is 4.78. The molecule has 0 fully saturated rings. The number of carbonyl (C=O) groups is 1. The van der Waals surface area contributed by atoms with Gasteiger partial charge in [0, 0.05) is 24.5 Å². The molecule has 3 rings (SSSR count). The van der Waals surface area contributed by atoms with Crippen molar-refractivity contribution in [3.05, 3.63) is 72.2 Å². The monoisotopic (exact) mass is 372 g/mol. The van der Waals surface area contributed by atoms with E-state index in [2.05, 4.69) is 14.4 Å². The Balaban J connectivity index is 1.72. The minimum absolute atomic E-state index is 0.0558. The highest BCUT2D eigenvalue weighted by Gasteiger charge is 2.15. The summed E-state index contributed by atoms with van der Waals surface area (Å²) in [5.74, 6) is 0.128. The maximum absolute atomic E-state index is 12.4. The van der Waals surface area contributed by atoms with Crippen molar-refractivity contribution < 1.29 is 22.4 Å². The predicted molar refractivity (Wildman–Crippen MR) is 93.7 cm³/mol. The Morgan fingerprint density at radius 1 is 1.19 bits per heavy atom. The van der Waals surface area contributed by atoms with Gasteiger partial charge in [0.2, 0.25) is 10.0 Å². The molecule has 0 spiro atoms. The van der Waals surface area contributed by atoms with Crippen molar-refractivity contribution >= 4 is 16.0 Å². The Bertz CT molecular complexity index is 996. The predicted octanol–water partition coefficient (Wildman–Crippen LogP) is 2.61. The topological polar surface area (TPSA) is 98.5 Å². The standard InChI is InChI=1S/C18H16N2O5S/c1-24-18(21)14-4-6-16(7-5-14)26(22,23)20-11-13-9-15(12-19-10-13)17-3-2-8-25-17/h2-10,12,20H,11H2,1H3. The smallest absolute Gasteiger partial charge is 0.337 e. The lowest BCUT2D eigenvalue weighted by Gasteiger charge is -2.08. The van der Waals surface area contributed by atoms with Crippen molar-refractivity contribution in [2.24, 2.45) is 0 Å². The molecule has 0 aliphatic rings. The number of nitrogens with zero attached hydrogens (tertiary/aromatic N) is 1. The van der Waals surface area contributed by atoms with E-state index in [0.29, 0.717) is 11.3 Å². The third kappa shape index (κ3) is 3.98. The molecule has 0 aliphatic carbocycles. The van der Waals surface area contributed by atoms with Gasteiger partial charge < -0.3 is 9.15 Å². The third-order valence-electron chi connectivity index (χ3n) is 3.65. The van der Waals surface area contributed by atoms with E-state index >= 15 is 0 Å². The molecule has 1 N–H and O–H groups in total. The van der Waals surface area contributed by atoms with Crippen LogP contribution in [0.4, 0.5) is 0 Å². The summed E-state index contributed by atoms with van der Waals surface area (Å²) >= 11 is 0. The first-order valence-electron chi connectivity index (χ1n) is 7.65. The molecule has 0 amide bonds. The summed E-state index contributed by atoms with van der Waals surface area (Å²) < 4.78 is 37.2. The maximum Gasteiger partial charge on any atom is 0.337 e. The van der Waals surface area contributed by atoms with Gasteiger partial charge >= 0.3 is 5.97 Å². The molecule has 3 aromatic rings. The van der Waals surface area contributed by atoms with Crippen LogP contribution in [0.1, 0.15) is 15.9 Å². The van der Waals surface area contributed by atoms with E-state index in [1.165, 1.54) is 31.4 Å². The fourth-order valence-corrected chi connectivity index (χ4v) is 3.33. The van der Waals surface area contributed by atoms with E-state index in [9.17, 15) is 13.2 Å². The Labute approximate surface area is 150 Å². The van der Waals surface area contributed by atoms with Gasteiger partial charge in [-0.1, -0.05) is 0 Å². The number of rotatable bonds is 6. The Morgan fingerprint density at radius 3 is 2.62 bits per heavy atom. The number of aromatic nitrogens is 1. The lowest BCUT2D eigenvalue weighted by molar-refractivity contribution is 0.0600. The molecule has 0 aliphatic heterocycles. The molecule has 134 valence electrons. The second-order valence-corrected chi connectivity index (χ2v) is 7.17. The average molecular weight is 372 g/mol. The molecule has 26 heavy (non-hydrogen) atoms. The number of pyridine rings is 1. The summed E-state index contributed by atoms with van der Waals surface area (Å²) in [7, 11) is -2.46. The number of ether oxygens (including phenoxy) is 1. The number of carbonyl (C=O) groups excluding carboxylic acids is 1. The Kier molecular flexibility index (Phi) is 5.15. The van der Waals surface area contributed by atoms with Crippen LogP contribution in [0.3, 0.4) is 0 Å². The number of nitrogens with one attached hydrogen (secondary N) is 1. The van der Waals surface area contributed by atoms with E-state index in [4.69, 9.17) is 4.42 Å². The minimum atomic E-state index is -3.73. The highest BCUT2D eigenvalue weighted by Crippen LogP contribution is 2.20. The largest absolute Gasteiger partial charge is 0.465 e. The van der Waals surface area contributed by atoms with Crippen LogP contribution in [0.15, 0.2) is 70.4 Å². The first-order valence-corrected chi connectivity index (χ1v) is 9.14. The number of sulfonamides is 1. The van der Waals surface area contributed by atoms with Gasteiger partial charge in [-0.2, -0.15) is 0 Å². The molecule has 0 saturated carbocycles. The van der Waals surface area contributed by atoms with Gasteiger partial charge in [-0.25, -0.2) is 17.9 Å². The molecule has 0 radical (unpaired) electrons. The van der Waals surface area contributed by atoms with Gasteiger partial charge in [0.05, 0.1) is 23.8 Å². The molecule has 2 heterocycles. The lowest BCUT2D eigenvalue weighted by Crippen LogP contribution is -2.23. The van der Waals surface area contributed by atoms with Gasteiger partial charge in [-0.05, 0) is 48.0 Å². The number of methoxy groups -OCH3 is 1. The molecule has 0 atom stereocenters. The molecule has 2 aromatic heterocycles. The molecule has 1 aromatic carbocycles. The fraction of sp³-hybridized carbons (Fsp3) is 0.111. The van der Waals surface area contributed by atoms with Gasteiger partial charge in [0.25, 0.3) is 0 Å². The normalized spacial score (nSPS) is 11.3. The summed E-state index contributed by atoms with van der Waals surface area (Å²) in [4.78, 5) is 15.6. The SMILES string of the molecule is COC(=O)c1ccc(S(=O)(=O)NCc2cncc(-c3ccco3)c2)cc1. The highest BCUT2D eigenvalue weighted by atomic mass is 32.2. The molecule has 0 saturated heterocycles. The van der Waals surface area contributed by atoms with Crippen LogP contribution in [0.5, 0.6) is 0 Å². The number of hydrogen-bond donors (Lipinski definition) is 1. The minimum Gasteiger partial charge on any atom is -0.465 e. The van der Waals surface area contributed by atoms with Crippen LogP contribution in [0.2, 0.25) is 0 Å². The van der Waals surface area contributed by atoms with Gasteiger partial charge in [0.15, 0.2) is 0 Å². The van der Waals surface area contributed by atoms with E-state index in [1.54, 1.807) is 36.9 Å². The van der Waals surface area contributed by atoms with E-state index in [0.717, 1.165) is 5.56 Å². The van der Waals surface area contributed by atoms with Crippen molar-refractivity contribution in [3.63, 3.8) is 0 Å². The molecule has 0 bridgehead atoms. The van der Waals surface area contributed by atoms with Crippen LogP contribution in [0, 0.1) is 0 Å². The Hall–Kier alpha value is -2.97.